The fraction of sp³-hybridized carbons (Fsp3) is 0.100. The second-order valence-electron chi connectivity index (χ2n) is 6.63. The van der Waals surface area contributed by atoms with Crippen LogP contribution in [0.2, 0.25) is 0 Å². The van der Waals surface area contributed by atoms with E-state index in [0.717, 1.165) is 28.0 Å². The van der Waals surface area contributed by atoms with Crippen molar-refractivity contribution in [1.82, 2.24) is 25.3 Å². The van der Waals surface area contributed by atoms with Gasteiger partial charge in [-0.05, 0) is 35.3 Å². The van der Waals surface area contributed by atoms with Gasteiger partial charge in [-0.1, -0.05) is 53.7 Å². The zero-order valence-electron chi connectivity index (χ0n) is 15.7. The van der Waals surface area contributed by atoms with Gasteiger partial charge in [0.15, 0.2) is 0 Å². The van der Waals surface area contributed by atoms with E-state index in [4.69, 9.17) is 5.73 Å². The molecule has 0 unspecified atom stereocenters. The highest BCUT2D eigenvalue weighted by atomic mass is 16.6. The summed E-state index contributed by atoms with van der Waals surface area (Å²) in [5.41, 5.74) is 13.0. The molecule has 4 aromatic rings. The molecule has 2 heterocycles. The van der Waals surface area contributed by atoms with Crippen LogP contribution in [0.3, 0.4) is 0 Å². The maximum Gasteiger partial charge on any atom is 0.243 e. The molecule has 0 saturated heterocycles. The number of fused-ring (bicyclic) bond motifs is 3. The summed E-state index contributed by atoms with van der Waals surface area (Å²) < 4.78 is 6.11. The second kappa shape index (κ2) is 6.48. The third kappa shape index (κ3) is 2.63. The van der Waals surface area contributed by atoms with Gasteiger partial charge in [0.25, 0.3) is 0 Å². The van der Waals surface area contributed by atoms with Gasteiger partial charge in [-0.2, -0.15) is 9.78 Å². The van der Waals surface area contributed by atoms with Crippen molar-refractivity contribution in [3.05, 3.63) is 71.0 Å². The number of benzene rings is 2. The third-order valence-electron chi connectivity index (χ3n) is 4.89. The lowest BCUT2D eigenvalue weighted by atomic mass is 10.1. The summed E-state index contributed by atoms with van der Waals surface area (Å²) in [6.07, 6.45) is 0. The molecule has 2 N–H and O–H groups in total. The van der Waals surface area contributed by atoms with Crippen LogP contribution in [0.25, 0.3) is 16.9 Å². The highest BCUT2D eigenvalue weighted by molar-refractivity contribution is 6.24. The summed E-state index contributed by atoms with van der Waals surface area (Å²) in [4.78, 5) is 0. The van der Waals surface area contributed by atoms with Gasteiger partial charge >= 0.3 is 0 Å². The lowest BCUT2D eigenvalue weighted by Crippen LogP contribution is -2.05. The van der Waals surface area contributed by atoms with Crippen molar-refractivity contribution < 1.29 is 4.63 Å². The van der Waals surface area contributed by atoms with Gasteiger partial charge < -0.3 is 5.73 Å². The minimum atomic E-state index is 0.138. The van der Waals surface area contributed by atoms with Crippen LogP contribution in [-0.2, 0) is 0 Å². The number of nitrogen functional groups attached to an aromatic ring is 1. The van der Waals surface area contributed by atoms with Crippen molar-refractivity contribution in [3.8, 4) is 16.9 Å². The van der Waals surface area contributed by atoms with E-state index < -0.39 is 0 Å². The van der Waals surface area contributed by atoms with E-state index in [9.17, 15) is 0 Å². The summed E-state index contributed by atoms with van der Waals surface area (Å²) in [6.45, 7) is 3.68. The Labute approximate surface area is 165 Å². The summed E-state index contributed by atoms with van der Waals surface area (Å²) >= 11 is 0. The van der Waals surface area contributed by atoms with E-state index in [2.05, 4.69) is 59.7 Å². The minimum Gasteiger partial charge on any atom is -0.378 e. The molecular formula is C20H16N8O. The highest BCUT2D eigenvalue weighted by Gasteiger charge is 2.24. The number of hydrogen-bond acceptors (Lipinski definition) is 8. The molecule has 0 aliphatic heterocycles. The molecule has 142 valence electrons. The minimum absolute atomic E-state index is 0.138. The SMILES string of the molecule is CC(=NN=C1c2ccccc2-c2ccccc21)c1nnn(-c2nonc2N)c1C. The molecule has 1 aliphatic carbocycles. The number of rotatable bonds is 3. The molecule has 0 saturated carbocycles. The van der Waals surface area contributed by atoms with Crippen LogP contribution < -0.4 is 5.73 Å². The first-order chi connectivity index (χ1) is 14.1. The Bertz CT molecular complexity index is 1250. The number of aromatic nitrogens is 5. The Morgan fingerprint density at radius 3 is 2.17 bits per heavy atom. The van der Waals surface area contributed by atoms with Crippen molar-refractivity contribution in [2.24, 2.45) is 10.2 Å². The third-order valence-corrected chi connectivity index (χ3v) is 4.89. The largest absolute Gasteiger partial charge is 0.378 e. The smallest absolute Gasteiger partial charge is 0.243 e. The van der Waals surface area contributed by atoms with Gasteiger partial charge in [-0.15, -0.1) is 10.2 Å². The van der Waals surface area contributed by atoms with Crippen LogP contribution in [-0.4, -0.2) is 36.7 Å². The number of nitrogens with two attached hydrogens (primary N) is 1. The molecule has 9 nitrogen and oxygen atoms in total. The highest BCUT2D eigenvalue weighted by Crippen LogP contribution is 2.36. The zero-order valence-corrected chi connectivity index (χ0v) is 15.7. The van der Waals surface area contributed by atoms with Crippen LogP contribution in [0, 0.1) is 6.92 Å². The first-order valence-corrected chi connectivity index (χ1v) is 8.97. The number of nitrogens with zero attached hydrogens (tertiary/aromatic N) is 7. The fourth-order valence-electron chi connectivity index (χ4n) is 3.48. The molecule has 0 radical (unpaired) electrons. The van der Waals surface area contributed by atoms with Gasteiger partial charge in [0.2, 0.25) is 11.6 Å². The molecule has 0 amide bonds. The van der Waals surface area contributed by atoms with E-state index in [1.54, 1.807) is 0 Å². The van der Waals surface area contributed by atoms with Gasteiger partial charge in [0.05, 0.1) is 11.4 Å². The molecule has 0 bridgehead atoms. The topological polar surface area (TPSA) is 120 Å². The standard InChI is InChI=1S/C20H16N8O/c1-11(17-12(2)28(27-24-17)20-19(21)25-29-26-20)22-23-18-15-9-5-3-7-13(15)14-8-4-6-10-16(14)18/h3-10H,1-2H3,(H2,21,25). The van der Waals surface area contributed by atoms with Gasteiger partial charge in [0, 0.05) is 11.1 Å². The second-order valence-corrected chi connectivity index (χ2v) is 6.63. The normalized spacial score (nSPS) is 12.8. The first kappa shape index (κ1) is 17.0. The first-order valence-electron chi connectivity index (χ1n) is 8.97. The van der Waals surface area contributed by atoms with E-state index >= 15 is 0 Å². The quantitative estimate of drug-likeness (QED) is 0.377. The molecule has 0 atom stereocenters. The molecule has 2 aromatic carbocycles. The fourth-order valence-corrected chi connectivity index (χ4v) is 3.48. The van der Waals surface area contributed by atoms with Crippen LogP contribution in [0.5, 0.6) is 0 Å². The van der Waals surface area contributed by atoms with Gasteiger partial charge in [-0.3, -0.25) is 0 Å². The van der Waals surface area contributed by atoms with Crippen molar-refractivity contribution in [3.63, 3.8) is 0 Å². The number of hydrogen-bond donors (Lipinski definition) is 1. The predicted molar refractivity (Wildman–Crippen MR) is 108 cm³/mol. The van der Waals surface area contributed by atoms with Gasteiger partial charge in [-0.25, -0.2) is 4.63 Å². The maximum atomic E-state index is 5.75. The summed E-state index contributed by atoms with van der Waals surface area (Å²) in [5.74, 6) is 0.428. The van der Waals surface area contributed by atoms with Crippen molar-refractivity contribution >= 4 is 17.2 Å². The number of anilines is 1. The van der Waals surface area contributed by atoms with Gasteiger partial charge in [0.1, 0.15) is 11.4 Å². The Kier molecular flexibility index (Phi) is 3.80. The summed E-state index contributed by atoms with van der Waals surface area (Å²) in [6, 6.07) is 16.4. The Morgan fingerprint density at radius 1 is 0.966 bits per heavy atom. The molecule has 0 spiro atoms. The van der Waals surface area contributed by atoms with Crippen molar-refractivity contribution in [1.29, 1.82) is 0 Å². The Morgan fingerprint density at radius 2 is 1.59 bits per heavy atom. The Balaban J connectivity index is 1.56. The van der Waals surface area contributed by atoms with Crippen LogP contribution in [0.4, 0.5) is 5.82 Å². The molecule has 0 fully saturated rings. The van der Waals surface area contributed by atoms with Crippen molar-refractivity contribution in [2.75, 3.05) is 5.73 Å². The Hall–Kier alpha value is -4.14. The monoisotopic (exact) mass is 384 g/mol. The lowest BCUT2D eigenvalue weighted by molar-refractivity contribution is 0.306. The zero-order chi connectivity index (χ0) is 20.0. The van der Waals surface area contributed by atoms with E-state index in [1.165, 1.54) is 4.68 Å². The summed E-state index contributed by atoms with van der Waals surface area (Å²) in [7, 11) is 0. The molecule has 5 rings (SSSR count). The van der Waals surface area contributed by atoms with E-state index in [1.807, 2.05) is 38.1 Å². The molecule has 2 aromatic heterocycles. The van der Waals surface area contributed by atoms with E-state index in [0.29, 0.717) is 22.9 Å². The average Bonchev–Trinajstić information content (AvgIpc) is 3.42. The van der Waals surface area contributed by atoms with Crippen molar-refractivity contribution in [2.45, 2.75) is 13.8 Å². The van der Waals surface area contributed by atoms with E-state index in [-0.39, 0.29) is 5.82 Å². The maximum absolute atomic E-state index is 5.75. The van der Waals surface area contributed by atoms with Crippen LogP contribution >= 0.6 is 0 Å². The molecule has 29 heavy (non-hydrogen) atoms. The molecule has 1 aliphatic rings. The summed E-state index contributed by atoms with van der Waals surface area (Å²) in [5, 5.41) is 24.6. The predicted octanol–water partition coefficient (Wildman–Crippen LogP) is 2.78. The molecule has 9 heteroatoms. The van der Waals surface area contributed by atoms with Crippen LogP contribution in [0.1, 0.15) is 29.4 Å². The average molecular weight is 384 g/mol. The lowest BCUT2D eigenvalue weighted by Gasteiger charge is -2.00. The molecular weight excluding hydrogens is 368 g/mol. The van der Waals surface area contributed by atoms with Crippen LogP contribution in [0.15, 0.2) is 63.4 Å².